The number of nitrogens with zero attached hydrogens (tertiary/aromatic N) is 2. The van der Waals surface area contributed by atoms with Crippen LogP contribution in [0.25, 0.3) is 0 Å². The Morgan fingerprint density at radius 2 is 2.38 bits per heavy atom. The van der Waals surface area contributed by atoms with E-state index in [0.29, 0.717) is 36.8 Å². The minimum Gasteiger partial charge on any atom is -0.467 e. The number of carbonyl (C=O) groups is 1. The molecule has 2 aromatic heterocycles. The number of nitriles is 1. The van der Waals surface area contributed by atoms with Crippen LogP contribution < -0.4 is 0 Å². The van der Waals surface area contributed by atoms with Crippen molar-refractivity contribution in [3.05, 3.63) is 47.3 Å². The second-order valence-corrected chi connectivity index (χ2v) is 4.80. The summed E-state index contributed by atoms with van der Waals surface area (Å²) < 4.78 is 16.1. The summed E-state index contributed by atoms with van der Waals surface area (Å²) in [7, 11) is 0. The fourth-order valence-electron chi connectivity index (χ4n) is 2.47. The molecule has 1 unspecified atom stereocenters. The van der Waals surface area contributed by atoms with Crippen molar-refractivity contribution >= 4 is 5.91 Å². The van der Waals surface area contributed by atoms with Gasteiger partial charge < -0.3 is 18.5 Å². The Morgan fingerprint density at radius 1 is 1.52 bits per heavy atom. The molecule has 1 fully saturated rings. The first-order valence-electron chi connectivity index (χ1n) is 6.63. The van der Waals surface area contributed by atoms with Crippen LogP contribution in [0.1, 0.15) is 33.7 Å². The highest BCUT2D eigenvalue weighted by Crippen LogP contribution is 2.27. The van der Waals surface area contributed by atoms with E-state index in [-0.39, 0.29) is 17.7 Å². The molecule has 0 spiro atoms. The molecule has 3 rings (SSSR count). The first kappa shape index (κ1) is 13.5. The molecule has 1 aliphatic rings. The highest BCUT2D eigenvalue weighted by Gasteiger charge is 2.32. The summed E-state index contributed by atoms with van der Waals surface area (Å²) in [4.78, 5) is 14.4. The highest BCUT2D eigenvalue weighted by molar-refractivity contribution is 5.95. The van der Waals surface area contributed by atoms with Gasteiger partial charge >= 0.3 is 0 Å². The lowest BCUT2D eigenvalue weighted by molar-refractivity contribution is -0.00884. The maximum Gasteiger partial charge on any atom is 0.258 e. The lowest BCUT2D eigenvalue weighted by Gasteiger charge is -2.34. The molecule has 2 aromatic rings. The quantitative estimate of drug-likeness (QED) is 0.846. The summed E-state index contributed by atoms with van der Waals surface area (Å²) in [5, 5.41) is 8.87. The number of amides is 1. The molecule has 6 heteroatoms. The molecule has 21 heavy (non-hydrogen) atoms. The largest absolute Gasteiger partial charge is 0.467 e. The molecule has 1 aliphatic heterocycles. The van der Waals surface area contributed by atoms with E-state index in [2.05, 4.69) is 0 Å². The number of aryl methyl sites for hydroxylation is 1. The van der Waals surface area contributed by atoms with Crippen molar-refractivity contribution < 1.29 is 18.4 Å². The zero-order valence-corrected chi connectivity index (χ0v) is 11.5. The standard InChI is InChI=1S/C15H14N2O4/c1-10-12(7-11(8-16)21-10)15(18)17-4-6-19-9-13(17)14-3-2-5-20-14/h2-3,5,7,13H,4,6,9H2,1H3. The van der Waals surface area contributed by atoms with Gasteiger partial charge in [0.15, 0.2) is 0 Å². The van der Waals surface area contributed by atoms with Gasteiger partial charge in [0.1, 0.15) is 23.6 Å². The van der Waals surface area contributed by atoms with Crippen LogP contribution in [0.4, 0.5) is 0 Å². The Hall–Kier alpha value is -2.52. The van der Waals surface area contributed by atoms with Crippen LogP contribution in [0, 0.1) is 18.3 Å². The second-order valence-electron chi connectivity index (χ2n) is 4.80. The molecule has 0 bridgehead atoms. The molecule has 1 amide bonds. The lowest BCUT2D eigenvalue weighted by atomic mass is 10.1. The number of furan rings is 2. The third kappa shape index (κ3) is 2.43. The van der Waals surface area contributed by atoms with Crippen molar-refractivity contribution in [2.75, 3.05) is 19.8 Å². The summed E-state index contributed by atoms with van der Waals surface area (Å²) in [5.41, 5.74) is 0.407. The van der Waals surface area contributed by atoms with Crippen LogP contribution in [0.2, 0.25) is 0 Å². The predicted molar refractivity (Wildman–Crippen MR) is 71.5 cm³/mol. The third-order valence-electron chi connectivity index (χ3n) is 3.52. The van der Waals surface area contributed by atoms with Gasteiger partial charge in [0.25, 0.3) is 5.91 Å². The number of carbonyl (C=O) groups excluding carboxylic acids is 1. The SMILES string of the molecule is Cc1oc(C#N)cc1C(=O)N1CCOCC1c1ccco1. The lowest BCUT2D eigenvalue weighted by Crippen LogP contribution is -2.43. The molecule has 6 nitrogen and oxygen atoms in total. The van der Waals surface area contributed by atoms with Gasteiger partial charge in [-0.1, -0.05) is 0 Å². The molecule has 0 saturated carbocycles. The van der Waals surface area contributed by atoms with Crippen molar-refractivity contribution in [2.45, 2.75) is 13.0 Å². The molecule has 0 aliphatic carbocycles. The normalized spacial score (nSPS) is 18.5. The van der Waals surface area contributed by atoms with E-state index in [4.69, 9.17) is 18.8 Å². The maximum atomic E-state index is 12.7. The highest BCUT2D eigenvalue weighted by atomic mass is 16.5. The summed E-state index contributed by atoms with van der Waals surface area (Å²) in [6, 6.07) is 6.72. The second kappa shape index (κ2) is 5.46. The van der Waals surface area contributed by atoms with E-state index < -0.39 is 0 Å². The first-order chi connectivity index (χ1) is 10.2. The molecular weight excluding hydrogens is 272 g/mol. The Morgan fingerprint density at radius 3 is 3.05 bits per heavy atom. The Labute approximate surface area is 121 Å². The van der Waals surface area contributed by atoms with Crippen LogP contribution in [0.15, 0.2) is 33.3 Å². The monoisotopic (exact) mass is 286 g/mol. The average molecular weight is 286 g/mol. The van der Waals surface area contributed by atoms with Gasteiger partial charge in [-0.05, 0) is 19.1 Å². The molecule has 1 saturated heterocycles. The van der Waals surface area contributed by atoms with E-state index in [1.54, 1.807) is 24.2 Å². The van der Waals surface area contributed by atoms with Crippen LogP contribution in [-0.2, 0) is 4.74 Å². The smallest absolute Gasteiger partial charge is 0.258 e. The van der Waals surface area contributed by atoms with Crippen LogP contribution in [0.3, 0.4) is 0 Å². The topological polar surface area (TPSA) is 79.6 Å². The van der Waals surface area contributed by atoms with Gasteiger partial charge in [0.2, 0.25) is 5.76 Å². The Bertz CT molecular complexity index is 681. The number of morpholine rings is 1. The summed E-state index contributed by atoms with van der Waals surface area (Å²) in [6.45, 7) is 3.01. The Balaban J connectivity index is 1.91. The fourth-order valence-corrected chi connectivity index (χ4v) is 2.47. The number of ether oxygens (including phenoxy) is 1. The molecule has 0 aromatic carbocycles. The minimum atomic E-state index is -0.263. The number of rotatable bonds is 2. The molecule has 0 radical (unpaired) electrons. The van der Waals surface area contributed by atoms with E-state index in [0.717, 1.165) is 0 Å². The molecule has 0 N–H and O–H groups in total. The van der Waals surface area contributed by atoms with Gasteiger partial charge in [0.05, 0.1) is 25.0 Å². The van der Waals surface area contributed by atoms with Crippen molar-refractivity contribution in [1.82, 2.24) is 4.90 Å². The summed E-state index contributed by atoms with van der Waals surface area (Å²) >= 11 is 0. The van der Waals surface area contributed by atoms with E-state index >= 15 is 0 Å². The molecular formula is C15H14N2O4. The average Bonchev–Trinajstić information content (AvgIpc) is 3.16. The van der Waals surface area contributed by atoms with Crippen LogP contribution >= 0.6 is 0 Å². The van der Waals surface area contributed by atoms with Crippen molar-refractivity contribution in [1.29, 1.82) is 5.26 Å². The summed E-state index contributed by atoms with van der Waals surface area (Å²) in [6.07, 6.45) is 1.57. The van der Waals surface area contributed by atoms with Gasteiger partial charge in [-0.2, -0.15) is 5.26 Å². The van der Waals surface area contributed by atoms with E-state index in [1.165, 1.54) is 6.07 Å². The number of hydrogen-bond donors (Lipinski definition) is 0. The first-order valence-corrected chi connectivity index (χ1v) is 6.63. The van der Waals surface area contributed by atoms with Gasteiger partial charge in [-0.25, -0.2) is 0 Å². The Kier molecular flexibility index (Phi) is 3.50. The molecule has 108 valence electrons. The number of hydrogen-bond acceptors (Lipinski definition) is 5. The maximum absolute atomic E-state index is 12.7. The van der Waals surface area contributed by atoms with E-state index in [9.17, 15) is 4.79 Å². The third-order valence-corrected chi connectivity index (χ3v) is 3.52. The van der Waals surface area contributed by atoms with E-state index in [1.807, 2.05) is 12.1 Å². The fraction of sp³-hybridized carbons (Fsp3) is 0.333. The zero-order valence-electron chi connectivity index (χ0n) is 11.5. The molecule has 3 heterocycles. The minimum absolute atomic E-state index is 0.138. The van der Waals surface area contributed by atoms with Gasteiger partial charge in [0, 0.05) is 12.6 Å². The van der Waals surface area contributed by atoms with Crippen LogP contribution in [0.5, 0.6) is 0 Å². The van der Waals surface area contributed by atoms with Crippen molar-refractivity contribution in [3.63, 3.8) is 0 Å². The predicted octanol–water partition coefficient (Wildman–Crippen LogP) is 2.27. The zero-order chi connectivity index (χ0) is 14.8. The summed E-state index contributed by atoms with van der Waals surface area (Å²) in [5.74, 6) is 1.09. The van der Waals surface area contributed by atoms with Gasteiger partial charge in [-0.3, -0.25) is 4.79 Å². The van der Waals surface area contributed by atoms with Crippen molar-refractivity contribution in [3.8, 4) is 6.07 Å². The van der Waals surface area contributed by atoms with Gasteiger partial charge in [-0.15, -0.1) is 0 Å². The molecule has 1 atom stereocenters. The van der Waals surface area contributed by atoms with Crippen LogP contribution in [-0.4, -0.2) is 30.6 Å². The van der Waals surface area contributed by atoms with Crippen molar-refractivity contribution in [2.24, 2.45) is 0 Å².